The highest BCUT2D eigenvalue weighted by Gasteiger charge is 2.20. The van der Waals surface area contributed by atoms with E-state index in [0.29, 0.717) is 35.5 Å². The van der Waals surface area contributed by atoms with Crippen LogP contribution in [0.1, 0.15) is 12.0 Å². The average molecular weight is 379 g/mol. The molecule has 0 amide bonds. The number of aromatic nitrogens is 1. The monoisotopic (exact) mass is 378 g/mol. The number of rotatable bonds is 6. The Morgan fingerprint density at radius 2 is 1.88 bits per heavy atom. The van der Waals surface area contributed by atoms with Gasteiger partial charge >= 0.3 is 0 Å². The molecule has 0 atom stereocenters. The van der Waals surface area contributed by atoms with Crippen LogP contribution in [0.4, 0.5) is 5.69 Å². The van der Waals surface area contributed by atoms with E-state index in [4.69, 9.17) is 27.9 Å². The molecular weight excluding hydrogens is 363 g/mol. The lowest BCUT2D eigenvalue weighted by atomic mass is 10.2. The second-order valence-electron chi connectivity index (χ2n) is 5.69. The number of nitrogens with zero attached hydrogens (tertiary/aromatic N) is 2. The fourth-order valence-electron chi connectivity index (χ4n) is 2.70. The summed E-state index contributed by atoms with van der Waals surface area (Å²) in [5.74, 6) is 0.563. The summed E-state index contributed by atoms with van der Waals surface area (Å²) in [7, 11) is 0. The van der Waals surface area contributed by atoms with Crippen molar-refractivity contribution in [3.8, 4) is 11.6 Å². The molecule has 3 rings (SSSR count). The van der Waals surface area contributed by atoms with E-state index in [1.54, 1.807) is 16.7 Å². The van der Waals surface area contributed by atoms with E-state index in [0.717, 1.165) is 11.3 Å². The van der Waals surface area contributed by atoms with Crippen LogP contribution in [0.2, 0.25) is 10.0 Å². The Balaban J connectivity index is 1.79. The van der Waals surface area contributed by atoms with E-state index in [9.17, 15) is 10.0 Å². The molecule has 1 aromatic heterocycles. The molecule has 5 nitrogen and oxygen atoms in total. The summed E-state index contributed by atoms with van der Waals surface area (Å²) in [5, 5.41) is 14.3. The average Bonchev–Trinajstić information content (AvgIpc) is 2.88. The topological polar surface area (TPSA) is 63.8 Å². The first-order valence-electron chi connectivity index (χ1n) is 7.75. The highest BCUT2D eigenvalue weighted by atomic mass is 35.5. The predicted molar refractivity (Wildman–Crippen MR) is 100 cm³/mol. The summed E-state index contributed by atoms with van der Waals surface area (Å²) in [6.45, 7) is 2.87. The van der Waals surface area contributed by atoms with Gasteiger partial charge < -0.3 is 14.4 Å². The molecule has 0 saturated carbocycles. The third kappa shape index (κ3) is 3.43. The highest BCUT2D eigenvalue weighted by Crippen LogP contribution is 2.43. The third-order valence-electron chi connectivity index (χ3n) is 3.97. The minimum Gasteiger partial charge on any atom is -0.494 e. The Morgan fingerprint density at radius 3 is 2.56 bits per heavy atom. The van der Waals surface area contributed by atoms with Crippen molar-refractivity contribution >= 4 is 39.8 Å². The fraction of sp³-hybridized carbons (Fsp3) is 0.222. The minimum absolute atomic E-state index is 0.0342. The summed E-state index contributed by atoms with van der Waals surface area (Å²) in [5.41, 5.74) is 1.63. The highest BCUT2D eigenvalue weighted by molar-refractivity contribution is 6.45. The normalized spacial score (nSPS) is 11.0. The number of ether oxygens (including phenoxy) is 1. The number of benzene rings is 2. The maximum absolute atomic E-state index is 11.1. The Morgan fingerprint density at radius 1 is 1.16 bits per heavy atom. The van der Waals surface area contributed by atoms with E-state index in [-0.39, 0.29) is 16.6 Å². The quantitative estimate of drug-likeness (QED) is 0.433. The van der Waals surface area contributed by atoms with Crippen molar-refractivity contribution < 1.29 is 9.84 Å². The lowest BCUT2D eigenvalue weighted by Gasteiger charge is -2.10. The van der Waals surface area contributed by atoms with Crippen molar-refractivity contribution in [1.82, 2.24) is 4.57 Å². The zero-order valence-corrected chi connectivity index (χ0v) is 15.0. The fourth-order valence-corrected chi connectivity index (χ4v) is 3.12. The van der Waals surface area contributed by atoms with Crippen LogP contribution < -0.4 is 4.74 Å². The van der Waals surface area contributed by atoms with Crippen LogP contribution in [0.15, 0.2) is 41.6 Å². The van der Waals surface area contributed by atoms with Gasteiger partial charge in [-0.1, -0.05) is 40.9 Å². The number of hydrogen-bond acceptors (Lipinski definition) is 4. The van der Waals surface area contributed by atoms with Gasteiger partial charge in [0.1, 0.15) is 5.75 Å². The van der Waals surface area contributed by atoms with Crippen molar-refractivity contribution in [2.45, 2.75) is 19.9 Å². The molecule has 1 N–H and O–H groups in total. The molecule has 0 spiro atoms. The Labute approximate surface area is 154 Å². The van der Waals surface area contributed by atoms with Gasteiger partial charge in [0.05, 0.1) is 22.2 Å². The standard InChI is InChI=1S/C18H16Cl2N2O3/c1-11-3-5-12(6-4-11)25-10-2-9-22-17-13(16(21-24)18(22)23)7-8-14(19)15(17)20/h3-8,23H,2,9-10H2,1H3. The summed E-state index contributed by atoms with van der Waals surface area (Å²) >= 11 is 12.3. The summed E-state index contributed by atoms with van der Waals surface area (Å²) in [6.07, 6.45) is 0.604. The minimum atomic E-state index is -0.218. The first-order valence-corrected chi connectivity index (χ1v) is 8.50. The summed E-state index contributed by atoms with van der Waals surface area (Å²) < 4.78 is 7.22. The molecular formula is C18H16Cl2N2O3. The number of aryl methyl sites for hydroxylation is 2. The van der Waals surface area contributed by atoms with E-state index < -0.39 is 0 Å². The van der Waals surface area contributed by atoms with Crippen LogP contribution in [0.25, 0.3) is 10.9 Å². The van der Waals surface area contributed by atoms with Crippen LogP contribution in [0.5, 0.6) is 11.6 Å². The van der Waals surface area contributed by atoms with Crippen molar-refractivity contribution in [3.63, 3.8) is 0 Å². The Hall–Kier alpha value is -2.24. The van der Waals surface area contributed by atoms with Gasteiger partial charge in [-0.05, 0) is 42.8 Å². The molecule has 0 aliphatic heterocycles. The molecule has 0 saturated heterocycles. The smallest absolute Gasteiger partial charge is 0.222 e. The molecule has 0 unspecified atom stereocenters. The van der Waals surface area contributed by atoms with Crippen LogP contribution in [-0.4, -0.2) is 16.3 Å². The summed E-state index contributed by atoms with van der Waals surface area (Å²) in [4.78, 5) is 11.1. The summed E-state index contributed by atoms with van der Waals surface area (Å²) in [6, 6.07) is 11.0. The van der Waals surface area contributed by atoms with E-state index in [2.05, 4.69) is 5.18 Å². The maximum Gasteiger partial charge on any atom is 0.222 e. The molecule has 130 valence electrons. The van der Waals surface area contributed by atoms with Crippen LogP contribution in [0.3, 0.4) is 0 Å². The Bertz CT molecular complexity index is 920. The zero-order chi connectivity index (χ0) is 18.0. The molecule has 3 aromatic rings. The number of nitroso groups, excluding NO2 is 1. The maximum atomic E-state index is 11.1. The first-order chi connectivity index (χ1) is 12.0. The SMILES string of the molecule is Cc1ccc(OCCCn2c(O)c(N=O)c3ccc(Cl)c(Cl)c32)cc1. The third-order valence-corrected chi connectivity index (χ3v) is 4.76. The van der Waals surface area contributed by atoms with Gasteiger partial charge in [0.15, 0.2) is 5.69 Å². The molecule has 2 aromatic carbocycles. The van der Waals surface area contributed by atoms with Gasteiger partial charge in [-0.15, -0.1) is 4.91 Å². The molecule has 0 bridgehead atoms. The molecule has 1 heterocycles. The number of halogens is 2. The Kier molecular flexibility index (Phi) is 5.16. The molecule has 0 aliphatic rings. The van der Waals surface area contributed by atoms with E-state index in [1.807, 2.05) is 31.2 Å². The largest absolute Gasteiger partial charge is 0.494 e. The molecule has 0 aliphatic carbocycles. The molecule has 0 radical (unpaired) electrons. The molecule has 25 heavy (non-hydrogen) atoms. The van der Waals surface area contributed by atoms with Gasteiger partial charge in [-0.25, -0.2) is 0 Å². The zero-order valence-electron chi connectivity index (χ0n) is 13.5. The molecule has 7 heteroatoms. The second-order valence-corrected chi connectivity index (χ2v) is 6.47. The lowest BCUT2D eigenvalue weighted by molar-refractivity contribution is 0.298. The van der Waals surface area contributed by atoms with Crippen LogP contribution in [0, 0.1) is 11.8 Å². The van der Waals surface area contributed by atoms with Crippen LogP contribution >= 0.6 is 23.2 Å². The van der Waals surface area contributed by atoms with Crippen molar-refractivity contribution in [1.29, 1.82) is 0 Å². The molecule has 0 fully saturated rings. The van der Waals surface area contributed by atoms with E-state index >= 15 is 0 Å². The second kappa shape index (κ2) is 7.33. The van der Waals surface area contributed by atoms with Crippen molar-refractivity contribution in [3.05, 3.63) is 56.9 Å². The van der Waals surface area contributed by atoms with Gasteiger partial charge in [-0.2, -0.15) is 0 Å². The number of aromatic hydroxyl groups is 1. The number of hydrogen-bond donors (Lipinski definition) is 1. The van der Waals surface area contributed by atoms with Gasteiger partial charge in [0.25, 0.3) is 0 Å². The predicted octanol–water partition coefficient (Wildman–Crippen LogP) is 5.83. The number of fused-ring (bicyclic) bond motifs is 1. The van der Waals surface area contributed by atoms with Gasteiger partial charge in [0.2, 0.25) is 5.88 Å². The van der Waals surface area contributed by atoms with Gasteiger partial charge in [-0.3, -0.25) is 0 Å². The van der Waals surface area contributed by atoms with Gasteiger partial charge in [0, 0.05) is 11.9 Å². The lowest BCUT2D eigenvalue weighted by Crippen LogP contribution is -2.04. The van der Waals surface area contributed by atoms with Crippen molar-refractivity contribution in [2.24, 2.45) is 5.18 Å². The van der Waals surface area contributed by atoms with Crippen LogP contribution in [-0.2, 0) is 6.54 Å². The first kappa shape index (κ1) is 17.6. The van der Waals surface area contributed by atoms with Crippen molar-refractivity contribution in [2.75, 3.05) is 6.61 Å². The van der Waals surface area contributed by atoms with E-state index in [1.165, 1.54) is 0 Å².